The number of benzene rings is 2. The van der Waals surface area contributed by atoms with E-state index < -0.39 is 10.0 Å². The zero-order chi connectivity index (χ0) is 20.9. The third-order valence-electron chi connectivity index (χ3n) is 4.57. The van der Waals surface area contributed by atoms with Gasteiger partial charge in [0.05, 0.1) is 12.0 Å². The number of nitrogens with one attached hydrogen (secondary N) is 1. The maximum atomic E-state index is 13.2. The van der Waals surface area contributed by atoms with Crippen LogP contribution in [-0.4, -0.2) is 31.4 Å². The summed E-state index contributed by atoms with van der Waals surface area (Å²) in [5.74, 6) is 3.56. The molecule has 1 aromatic heterocycles. The van der Waals surface area contributed by atoms with Crippen LogP contribution in [0, 0.1) is 25.8 Å². The van der Waals surface area contributed by atoms with Crippen LogP contribution in [-0.2, 0) is 16.4 Å². The highest BCUT2D eigenvalue weighted by atomic mass is 32.2. The first-order valence-electron chi connectivity index (χ1n) is 9.29. The molecule has 0 atom stereocenters. The second-order valence-corrected chi connectivity index (χ2v) is 8.58. The van der Waals surface area contributed by atoms with Crippen molar-refractivity contribution >= 4 is 10.0 Å². The van der Waals surface area contributed by atoms with E-state index in [0.29, 0.717) is 12.2 Å². The molecule has 3 rings (SSSR count). The summed E-state index contributed by atoms with van der Waals surface area (Å²) >= 11 is 0. The molecule has 3 aromatic rings. The molecule has 0 saturated heterocycles. The van der Waals surface area contributed by atoms with Gasteiger partial charge in [0.1, 0.15) is 5.75 Å². The van der Waals surface area contributed by atoms with Gasteiger partial charge in [-0.3, -0.25) is 0 Å². The first-order valence-corrected chi connectivity index (χ1v) is 10.7. The summed E-state index contributed by atoms with van der Waals surface area (Å²) in [6.45, 7) is 4.24. The standard InChI is InChI=1S/C23H24N2O3S/c1-18-17-19(2)24-23(18)14-16-25(15-13-20-7-5-4-6-8-20)29(26,27)22-11-9-21(28-3)10-12-22/h4-12,17,24H,14,16H2,1-3H3. The van der Waals surface area contributed by atoms with Crippen molar-refractivity contribution in [1.82, 2.24) is 9.29 Å². The van der Waals surface area contributed by atoms with Crippen LogP contribution in [0.2, 0.25) is 0 Å². The smallest absolute Gasteiger partial charge is 0.270 e. The third kappa shape index (κ3) is 5.01. The minimum absolute atomic E-state index is 0.181. The average molecular weight is 409 g/mol. The number of hydrogen-bond donors (Lipinski definition) is 1. The molecule has 0 spiro atoms. The van der Waals surface area contributed by atoms with Crippen LogP contribution in [0.3, 0.4) is 0 Å². The van der Waals surface area contributed by atoms with Gasteiger partial charge >= 0.3 is 0 Å². The molecule has 0 aliphatic rings. The second-order valence-electron chi connectivity index (χ2n) is 6.72. The Morgan fingerprint density at radius 1 is 1.03 bits per heavy atom. The van der Waals surface area contributed by atoms with Gasteiger partial charge in [0.25, 0.3) is 10.0 Å². The summed E-state index contributed by atoms with van der Waals surface area (Å²) in [6, 6.07) is 20.6. The first kappa shape index (κ1) is 20.6. The fourth-order valence-corrected chi connectivity index (χ4v) is 4.25. The van der Waals surface area contributed by atoms with Crippen molar-refractivity contribution in [2.75, 3.05) is 13.7 Å². The molecule has 29 heavy (non-hydrogen) atoms. The molecule has 0 amide bonds. The topological polar surface area (TPSA) is 62.4 Å². The molecule has 0 unspecified atom stereocenters. The Bertz CT molecular complexity index is 1120. The van der Waals surface area contributed by atoms with Crippen LogP contribution in [0.1, 0.15) is 22.5 Å². The quantitative estimate of drug-likeness (QED) is 0.497. The summed E-state index contributed by atoms with van der Waals surface area (Å²) in [4.78, 5) is 3.47. The number of rotatable bonds is 6. The Morgan fingerprint density at radius 3 is 2.31 bits per heavy atom. The molecule has 2 aromatic carbocycles. The molecular formula is C23H24N2O3S. The highest BCUT2D eigenvalue weighted by Gasteiger charge is 2.22. The molecule has 1 N–H and O–H groups in total. The molecule has 0 aliphatic heterocycles. The fraction of sp³-hybridized carbons (Fsp3) is 0.217. The summed E-state index contributed by atoms with van der Waals surface area (Å²) in [5, 5.41) is 0. The number of aromatic amines is 1. The lowest BCUT2D eigenvalue weighted by molar-refractivity contribution is 0.414. The zero-order valence-electron chi connectivity index (χ0n) is 16.8. The Labute approximate surface area is 172 Å². The van der Waals surface area contributed by atoms with Gasteiger partial charge in [0.15, 0.2) is 0 Å². The normalized spacial score (nSPS) is 10.9. The molecule has 1 heterocycles. The zero-order valence-corrected chi connectivity index (χ0v) is 17.6. The van der Waals surface area contributed by atoms with Gasteiger partial charge in [0, 0.05) is 36.0 Å². The van der Waals surface area contributed by atoms with Crippen molar-refractivity contribution in [2.24, 2.45) is 0 Å². The fourth-order valence-electron chi connectivity index (χ4n) is 3.02. The van der Waals surface area contributed by atoms with Crippen molar-refractivity contribution in [3.63, 3.8) is 0 Å². The highest BCUT2D eigenvalue weighted by Crippen LogP contribution is 2.20. The van der Waals surface area contributed by atoms with E-state index in [9.17, 15) is 8.42 Å². The van der Waals surface area contributed by atoms with E-state index >= 15 is 0 Å². The Balaban J connectivity index is 1.92. The van der Waals surface area contributed by atoms with Crippen molar-refractivity contribution < 1.29 is 13.2 Å². The molecule has 6 heteroatoms. The van der Waals surface area contributed by atoms with Crippen LogP contribution < -0.4 is 4.74 Å². The summed E-state index contributed by atoms with van der Waals surface area (Å²) in [6.07, 6.45) is 0.540. The monoisotopic (exact) mass is 408 g/mol. The maximum Gasteiger partial charge on any atom is 0.270 e. The van der Waals surface area contributed by atoms with Crippen molar-refractivity contribution in [3.05, 3.63) is 83.2 Å². The SMILES string of the molecule is COc1ccc(S(=O)(=O)N(C#Cc2ccccc2)CCc2[nH]c(C)cc2C)cc1. The van der Waals surface area contributed by atoms with Crippen molar-refractivity contribution in [3.8, 4) is 17.7 Å². The number of sulfonamides is 1. The van der Waals surface area contributed by atoms with Gasteiger partial charge < -0.3 is 9.72 Å². The minimum atomic E-state index is -3.78. The van der Waals surface area contributed by atoms with E-state index in [2.05, 4.69) is 16.9 Å². The van der Waals surface area contributed by atoms with E-state index in [-0.39, 0.29) is 11.4 Å². The summed E-state index contributed by atoms with van der Waals surface area (Å²) in [7, 11) is -2.24. The van der Waals surface area contributed by atoms with Crippen LogP contribution >= 0.6 is 0 Å². The lowest BCUT2D eigenvalue weighted by Gasteiger charge is -2.18. The lowest BCUT2D eigenvalue weighted by atomic mass is 10.2. The summed E-state index contributed by atoms with van der Waals surface area (Å²) < 4.78 is 32.8. The van der Waals surface area contributed by atoms with Crippen molar-refractivity contribution in [2.45, 2.75) is 25.2 Å². The Morgan fingerprint density at radius 2 is 1.72 bits per heavy atom. The summed E-state index contributed by atoms with van der Waals surface area (Å²) in [5.41, 5.74) is 3.94. The highest BCUT2D eigenvalue weighted by molar-refractivity contribution is 7.89. The third-order valence-corrected chi connectivity index (χ3v) is 6.29. The molecule has 0 bridgehead atoms. The van der Waals surface area contributed by atoms with Gasteiger partial charge in [-0.1, -0.05) is 18.2 Å². The number of methoxy groups -OCH3 is 1. The largest absolute Gasteiger partial charge is 0.497 e. The molecule has 0 radical (unpaired) electrons. The van der Waals surface area contributed by atoms with Crippen molar-refractivity contribution in [1.29, 1.82) is 0 Å². The predicted octanol–water partition coefficient (Wildman–Crippen LogP) is 3.88. The van der Waals surface area contributed by atoms with Crippen LogP contribution in [0.5, 0.6) is 5.75 Å². The van der Waals surface area contributed by atoms with Gasteiger partial charge in [-0.2, -0.15) is 0 Å². The van der Waals surface area contributed by atoms with E-state index in [1.165, 1.54) is 16.4 Å². The van der Waals surface area contributed by atoms with Crippen LogP contribution in [0.25, 0.3) is 0 Å². The van der Waals surface area contributed by atoms with Gasteiger partial charge in [0.2, 0.25) is 0 Å². The number of aryl methyl sites for hydroxylation is 2. The van der Waals surface area contributed by atoms with E-state index in [4.69, 9.17) is 4.74 Å². The van der Waals surface area contributed by atoms with Crippen LogP contribution in [0.15, 0.2) is 65.6 Å². The second kappa shape index (κ2) is 8.89. The number of nitrogens with zero attached hydrogens (tertiary/aromatic N) is 1. The van der Waals surface area contributed by atoms with Gasteiger partial charge in [-0.15, -0.1) is 0 Å². The lowest BCUT2D eigenvalue weighted by Crippen LogP contribution is -2.29. The number of H-pyrrole nitrogens is 1. The number of ether oxygens (including phenoxy) is 1. The average Bonchev–Trinajstić information content (AvgIpc) is 3.05. The molecular weight excluding hydrogens is 384 g/mol. The first-order chi connectivity index (χ1) is 13.9. The predicted molar refractivity (Wildman–Crippen MR) is 114 cm³/mol. The van der Waals surface area contributed by atoms with E-state index in [1.807, 2.05) is 50.2 Å². The van der Waals surface area contributed by atoms with Gasteiger partial charge in [-0.05, 0) is 67.8 Å². The Kier molecular flexibility index (Phi) is 6.30. The molecule has 150 valence electrons. The molecule has 0 fully saturated rings. The van der Waals surface area contributed by atoms with E-state index in [0.717, 1.165) is 22.5 Å². The van der Waals surface area contributed by atoms with Gasteiger partial charge in [-0.25, -0.2) is 12.7 Å². The maximum absolute atomic E-state index is 13.2. The Hall–Kier alpha value is -3.17. The van der Waals surface area contributed by atoms with Crippen LogP contribution in [0.4, 0.5) is 0 Å². The van der Waals surface area contributed by atoms with E-state index in [1.54, 1.807) is 19.2 Å². The molecule has 0 aliphatic carbocycles. The molecule has 0 saturated carbocycles. The molecule has 5 nitrogen and oxygen atoms in total. The number of hydrogen-bond acceptors (Lipinski definition) is 3. The number of aromatic nitrogens is 1. The minimum Gasteiger partial charge on any atom is -0.497 e.